The monoisotopic (exact) mass is 274 g/mol. The van der Waals surface area contributed by atoms with Crippen molar-refractivity contribution in [2.24, 2.45) is 5.41 Å². The van der Waals surface area contributed by atoms with Crippen LogP contribution in [0.3, 0.4) is 0 Å². The summed E-state index contributed by atoms with van der Waals surface area (Å²) in [6, 6.07) is 6.40. The summed E-state index contributed by atoms with van der Waals surface area (Å²) in [5, 5.41) is 6.35. The van der Waals surface area contributed by atoms with Crippen LogP contribution in [0, 0.1) is 12.3 Å². The Bertz CT molecular complexity index is 494. The lowest BCUT2D eigenvalue weighted by atomic mass is 9.73. The lowest BCUT2D eigenvalue weighted by Crippen LogP contribution is -2.39. The minimum atomic E-state index is -0.0300. The molecule has 1 aromatic rings. The first-order valence-corrected chi connectivity index (χ1v) is 7.53. The molecule has 1 aliphatic carbocycles. The Morgan fingerprint density at radius 3 is 2.65 bits per heavy atom. The third-order valence-corrected chi connectivity index (χ3v) is 4.55. The number of nitrogens with one attached hydrogen (secondary N) is 2. The Hall–Kier alpha value is -1.51. The fourth-order valence-corrected chi connectivity index (χ4v) is 3.06. The zero-order valence-electron chi connectivity index (χ0n) is 13.0. The lowest BCUT2D eigenvalue weighted by Gasteiger charge is -2.40. The Labute approximate surface area is 122 Å². The molecular formula is C17H26N2O. The second-order valence-electron chi connectivity index (χ2n) is 6.54. The van der Waals surface area contributed by atoms with Crippen molar-refractivity contribution in [1.82, 2.24) is 5.32 Å². The Balaban J connectivity index is 2.15. The molecule has 2 N–H and O–H groups in total. The van der Waals surface area contributed by atoms with Crippen LogP contribution in [0.1, 0.15) is 55.5 Å². The van der Waals surface area contributed by atoms with Gasteiger partial charge in [0.05, 0.1) is 0 Å². The number of carbonyl (C=O) groups excluding carboxylic acids is 1. The van der Waals surface area contributed by atoms with E-state index >= 15 is 0 Å². The molecule has 3 heteroatoms. The summed E-state index contributed by atoms with van der Waals surface area (Å²) in [7, 11) is 1.66. The van der Waals surface area contributed by atoms with E-state index in [0.29, 0.717) is 11.5 Å². The maximum absolute atomic E-state index is 11.6. The molecular weight excluding hydrogens is 248 g/mol. The van der Waals surface area contributed by atoms with Gasteiger partial charge in [-0.2, -0.15) is 0 Å². The average molecular weight is 274 g/mol. The van der Waals surface area contributed by atoms with Gasteiger partial charge in [0.2, 0.25) is 0 Å². The molecule has 1 aromatic carbocycles. The highest BCUT2D eigenvalue weighted by molar-refractivity contribution is 5.94. The fraction of sp³-hybridized carbons (Fsp3) is 0.588. The number of benzene rings is 1. The van der Waals surface area contributed by atoms with Crippen LogP contribution in [0.5, 0.6) is 0 Å². The predicted molar refractivity (Wildman–Crippen MR) is 84.2 cm³/mol. The van der Waals surface area contributed by atoms with Crippen LogP contribution < -0.4 is 10.6 Å². The van der Waals surface area contributed by atoms with Crippen LogP contribution in [-0.2, 0) is 0 Å². The normalized spacial score (nSPS) is 21.3. The van der Waals surface area contributed by atoms with Crippen molar-refractivity contribution < 1.29 is 4.79 Å². The van der Waals surface area contributed by atoms with Gasteiger partial charge in [0.1, 0.15) is 0 Å². The Morgan fingerprint density at radius 1 is 1.30 bits per heavy atom. The number of hydrogen-bond donors (Lipinski definition) is 2. The van der Waals surface area contributed by atoms with Crippen LogP contribution in [0.15, 0.2) is 18.2 Å². The minimum absolute atomic E-state index is 0.0300. The molecule has 0 aromatic heterocycles. The second-order valence-corrected chi connectivity index (χ2v) is 6.54. The molecule has 1 fully saturated rings. The standard InChI is InChI=1S/C17H26N2O/c1-12-11-13(16(20)18-4)8-9-14(12)19-15-7-5-6-10-17(15,2)3/h8-9,11,15,19H,5-7,10H2,1-4H3,(H,18,20). The summed E-state index contributed by atoms with van der Waals surface area (Å²) in [5.74, 6) is -0.0300. The van der Waals surface area contributed by atoms with Crippen molar-refractivity contribution in [2.45, 2.75) is 52.5 Å². The number of aryl methyl sites for hydroxylation is 1. The van der Waals surface area contributed by atoms with Gasteiger partial charge in [0.25, 0.3) is 5.91 Å². The second kappa shape index (κ2) is 5.86. The third kappa shape index (κ3) is 3.14. The number of carbonyl (C=O) groups is 1. The molecule has 1 atom stereocenters. The molecule has 0 bridgehead atoms. The van der Waals surface area contributed by atoms with Gasteiger partial charge >= 0.3 is 0 Å². The topological polar surface area (TPSA) is 41.1 Å². The summed E-state index contributed by atoms with van der Waals surface area (Å²) in [6.45, 7) is 6.75. The van der Waals surface area contributed by atoms with E-state index in [0.717, 1.165) is 16.8 Å². The van der Waals surface area contributed by atoms with Gasteiger partial charge < -0.3 is 10.6 Å². The van der Waals surface area contributed by atoms with E-state index in [-0.39, 0.29) is 5.91 Å². The van der Waals surface area contributed by atoms with E-state index in [9.17, 15) is 4.79 Å². The van der Waals surface area contributed by atoms with Crippen molar-refractivity contribution in [3.05, 3.63) is 29.3 Å². The van der Waals surface area contributed by atoms with Crippen molar-refractivity contribution in [3.63, 3.8) is 0 Å². The average Bonchev–Trinajstić information content (AvgIpc) is 2.42. The molecule has 1 saturated carbocycles. The first-order valence-electron chi connectivity index (χ1n) is 7.53. The van der Waals surface area contributed by atoms with Crippen LogP contribution in [0.2, 0.25) is 0 Å². The lowest BCUT2D eigenvalue weighted by molar-refractivity contribution is 0.0963. The molecule has 0 aliphatic heterocycles. The van der Waals surface area contributed by atoms with Crippen LogP contribution in [0.4, 0.5) is 5.69 Å². The molecule has 3 nitrogen and oxygen atoms in total. The van der Waals surface area contributed by atoms with E-state index in [2.05, 4.69) is 31.4 Å². The van der Waals surface area contributed by atoms with E-state index in [1.165, 1.54) is 25.7 Å². The van der Waals surface area contributed by atoms with Gasteiger partial charge in [-0.05, 0) is 48.9 Å². The van der Waals surface area contributed by atoms with Crippen LogP contribution in [-0.4, -0.2) is 19.0 Å². The molecule has 1 unspecified atom stereocenters. The summed E-state index contributed by atoms with van der Waals surface area (Å²) < 4.78 is 0. The highest BCUT2D eigenvalue weighted by atomic mass is 16.1. The van der Waals surface area contributed by atoms with Gasteiger partial charge in [0, 0.05) is 24.3 Å². The Kier molecular flexibility index (Phi) is 4.36. The fourth-order valence-electron chi connectivity index (χ4n) is 3.06. The van der Waals surface area contributed by atoms with E-state index < -0.39 is 0 Å². The highest BCUT2D eigenvalue weighted by Crippen LogP contribution is 2.37. The molecule has 0 heterocycles. The van der Waals surface area contributed by atoms with Gasteiger partial charge in [-0.3, -0.25) is 4.79 Å². The predicted octanol–water partition coefficient (Wildman–Crippen LogP) is 3.74. The Morgan fingerprint density at radius 2 is 2.05 bits per heavy atom. The van der Waals surface area contributed by atoms with Crippen LogP contribution >= 0.6 is 0 Å². The molecule has 0 spiro atoms. The summed E-state index contributed by atoms with van der Waals surface area (Å²) in [4.78, 5) is 11.6. The largest absolute Gasteiger partial charge is 0.382 e. The molecule has 0 saturated heterocycles. The number of anilines is 1. The van der Waals surface area contributed by atoms with Gasteiger partial charge in [-0.15, -0.1) is 0 Å². The number of amides is 1. The smallest absolute Gasteiger partial charge is 0.251 e. The van der Waals surface area contributed by atoms with Gasteiger partial charge in [-0.1, -0.05) is 26.7 Å². The third-order valence-electron chi connectivity index (χ3n) is 4.55. The molecule has 2 rings (SSSR count). The highest BCUT2D eigenvalue weighted by Gasteiger charge is 2.32. The molecule has 20 heavy (non-hydrogen) atoms. The molecule has 0 radical (unpaired) electrons. The maximum atomic E-state index is 11.6. The maximum Gasteiger partial charge on any atom is 0.251 e. The molecule has 110 valence electrons. The van der Waals surface area contributed by atoms with E-state index in [1.54, 1.807) is 7.05 Å². The van der Waals surface area contributed by atoms with Crippen molar-refractivity contribution in [3.8, 4) is 0 Å². The first kappa shape index (κ1) is 14.9. The van der Waals surface area contributed by atoms with Crippen LogP contribution in [0.25, 0.3) is 0 Å². The van der Waals surface area contributed by atoms with E-state index in [1.807, 2.05) is 18.2 Å². The summed E-state index contributed by atoms with van der Waals surface area (Å²) in [5.41, 5.74) is 3.34. The molecule has 1 amide bonds. The van der Waals surface area contributed by atoms with Gasteiger partial charge in [-0.25, -0.2) is 0 Å². The van der Waals surface area contributed by atoms with Crippen molar-refractivity contribution in [2.75, 3.05) is 12.4 Å². The summed E-state index contributed by atoms with van der Waals surface area (Å²) in [6.07, 6.45) is 5.14. The van der Waals surface area contributed by atoms with Crippen molar-refractivity contribution >= 4 is 11.6 Å². The SMILES string of the molecule is CNC(=O)c1ccc(NC2CCCCC2(C)C)c(C)c1. The first-order chi connectivity index (χ1) is 9.44. The minimum Gasteiger partial charge on any atom is -0.382 e. The van der Waals surface area contributed by atoms with Gasteiger partial charge in [0.15, 0.2) is 0 Å². The zero-order valence-corrected chi connectivity index (χ0v) is 13.0. The van der Waals surface area contributed by atoms with E-state index in [4.69, 9.17) is 0 Å². The number of rotatable bonds is 3. The molecule has 1 aliphatic rings. The number of hydrogen-bond acceptors (Lipinski definition) is 2. The summed E-state index contributed by atoms with van der Waals surface area (Å²) >= 11 is 0. The quantitative estimate of drug-likeness (QED) is 0.881. The van der Waals surface area contributed by atoms with Crippen molar-refractivity contribution in [1.29, 1.82) is 0 Å². The zero-order chi connectivity index (χ0) is 14.8.